The monoisotopic (exact) mass is 519 g/mol. The molecule has 2 heterocycles. The Hall–Kier alpha value is -1.06. The van der Waals surface area contributed by atoms with Crippen LogP contribution in [0.3, 0.4) is 0 Å². The lowest BCUT2D eigenvalue weighted by molar-refractivity contribution is 0.777. The molecule has 0 radical (unpaired) electrons. The third-order valence-electron chi connectivity index (χ3n) is 4.43. The van der Waals surface area contributed by atoms with Crippen LogP contribution in [0.1, 0.15) is 24.1 Å². The minimum absolute atomic E-state index is 0. The first-order valence-corrected chi connectivity index (χ1v) is 10.4. The number of nitrogens with one attached hydrogen (secondary N) is 2. The van der Waals surface area contributed by atoms with Gasteiger partial charge in [0.05, 0.1) is 5.69 Å². The molecule has 0 unspecified atom stereocenters. The van der Waals surface area contributed by atoms with E-state index in [-0.39, 0.29) is 24.0 Å². The van der Waals surface area contributed by atoms with Crippen molar-refractivity contribution >= 4 is 58.0 Å². The second-order valence-electron chi connectivity index (χ2n) is 6.37. The lowest BCUT2D eigenvalue weighted by Crippen LogP contribution is -2.39. The Balaban J connectivity index is 0.00000261. The zero-order valence-electron chi connectivity index (χ0n) is 15.6. The predicted molar refractivity (Wildman–Crippen MR) is 127 cm³/mol. The first kappa shape index (κ1) is 22.2. The molecule has 1 fully saturated rings. The Morgan fingerprint density at radius 2 is 1.81 bits per heavy atom. The molecule has 8 heteroatoms. The number of thiazole rings is 1. The third-order valence-corrected chi connectivity index (χ3v) is 5.63. The maximum Gasteiger partial charge on any atom is 0.190 e. The van der Waals surface area contributed by atoms with E-state index in [4.69, 9.17) is 16.6 Å². The lowest BCUT2D eigenvalue weighted by Gasteiger charge is -2.12. The van der Waals surface area contributed by atoms with Crippen molar-refractivity contribution in [2.45, 2.75) is 25.7 Å². The van der Waals surface area contributed by atoms with Gasteiger partial charge in [-0.05, 0) is 37.0 Å². The Morgan fingerprint density at radius 3 is 2.48 bits per heavy atom. The van der Waals surface area contributed by atoms with Crippen molar-refractivity contribution in [3.8, 4) is 0 Å². The summed E-state index contributed by atoms with van der Waals surface area (Å²) >= 11 is 7.67. The van der Waals surface area contributed by atoms with Gasteiger partial charge >= 0.3 is 0 Å². The topological polar surface area (TPSA) is 52.6 Å². The summed E-state index contributed by atoms with van der Waals surface area (Å²) in [5.74, 6) is 0.828. The fourth-order valence-electron chi connectivity index (χ4n) is 2.97. The predicted octanol–water partition coefficient (Wildman–Crippen LogP) is 3.96. The summed E-state index contributed by atoms with van der Waals surface area (Å²) in [6, 6.07) is 7.96. The molecule has 0 saturated carbocycles. The quantitative estimate of drug-likeness (QED) is 0.330. The largest absolute Gasteiger partial charge is 0.356 e. The van der Waals surface area contributed by atoms with Crippen LogP contribution in [-0.4, -0.2) is 44.2 Å². The number of hydrogen-bond donors (Lipinski definition) is 2. The molecule has 0 bridgehead atoms. The second-order valence-corrected chi connectivity index (χ2v) is 7.64. The van der Waals surface area contributed by atoms with Gasteiger partial charge in [0.25, 0.3) is 0 Å². The van der Waals surface area contributed by atoms with Gasteiger partial charge in [0.1, 0.15) is 0 Å². The first-order valence-electron chi connectivity index (χ1n) is 9.13. The molecular formula is C19H27ClIN5S. The summed E-state index contributed by atoms with van der Waals surface area (Å²) in [6.07, 6.45) is 4.41. The molecule has 0 spiro atoms. The molecule has 1 aromatic carbocycles. The van der Waals surface area contributed by atoms with Gasteiger partial charge in [0, 0.05) is 50.1 Å². The molecule has 0 aliphatic carbocycles. The van der Waals surface area contributed by atoms with Crippen molar-refractivity contribution in [3.05, 3.63) is 45.9 Å². The molecule has 1 aromatic heterocycles. The minimum Gasteiger partial charge on any atom is -0.356 e. The Bertz CT molecular complexity index is 713. The number of guanidine groups is 1. The molecule has 0 amide bonds. The van der Waals surface area contributed by atoms with Crippen LogP contribution in [0.5, 0.6) is 0 Å². The number of aliphatic imine (C=N–C) groups is 1. The Kier molecular flexibility index (Phi) is 9.64. The van der Waals surface area contributed by atoms with Crippen molar-refractivity contribution < 1.29 is 0 Å². The van der Waals surface area contributed by atoms with Crippen LogP contribution >= 0.6 is 46.9 Å². The van der Waals surface area contributed by atoms with E-state index >= 15 is 0 Å². The molecule has 1 aliphatic heterocycles. The summed E-state index contributed by atoms with van der Waals surface area (Å²) < 4.78 is 0. The highest BCUT2D eigenvalue weighted by Crippen LogP contribution is 2.24. The maximum absolute atomic E-state index is 5.91. The normalized spacial score (nSPS) is 14.1. The zero-order chi connectivity index (χ0) is 18.2. The summed E-state index contributed by atoms with van der Waals surface area (Å²) in [7, 11) is 1.80. The van der Waals surface area contributed by atoms with Gasteiger partial charge in [-0.2, -0.15) is 0 Å². The van der Waals surface area contributed by atoms with Gasteiger partial charge in [0.2, 0.25) is 0 Å². The highest BCUT2D eigenvalue weighted by Gasteiger charge is 2.15. The van der Waals surface area contributed by atoms with Crippen LogP contribution in [0.25, 0.3) is 0 Å². The maximum atomic E-state index is 5.91. The molecule has 5 nitrogen and oxygen atoms in total. The highest BCUT2D eigenvalue weighted by molar-refractivity contribution is 14.0. The summed E-state index contributed by atoms with van der Waals surface area (Å²) in [6.45, 7) is 3.95. The zero-order valence-corrected chi connectivity index (χ0v) is 19.5. The van der Waals surface area contributed by atoms with Crippen LogP contribution in [-0.2, 0) is 12.8 Å². The van der Waals surface area contributed by atoms with E-state index in [1.807, 2.05) is 12.1 Å². The van der Waals surface area contributed by atoms with E-state index in [0.29, 0.717) is 0 Å². The van der Waals surface area contributed by atoms with Gasteiger partial charge < -0.3 is 15.5 Å². The molecule has 2 N–H and O–H groups in total. The number of aromatic nitrogens is 1. The van der Waals surface area contributed by atoms with Gasteiger partial charge in [-0.1, -0.05) is 23.7 Å². The minimum atomic E-state index is 0. The van der Waals surface area contributed by atoms with E-state index in [9.17, 15) is 0 Å². The van der Waals surface area contributed by atoms with E-state index < -0.39 is 0 Å². The van der Waals surface area contributed by atoms with Gasteiger partial charge in [-0.3, -0.25) is 4.99 Å². The standard InChI is InChI=1S/C19H26ClN5S.HI/c1-21-18(22-10-8-15-4-6-16(20)7-5-15)23-11-9-17-14-26-19(24-17)25-12-2-3-13-25;/h4-7,14H,2-3,8-13H2,1H3,(H2,21,22,23);1H. The first-order chi connectivity index (χ1) is 12.7. The lowest BCUT2D eigenvalue weighted by atomic mass is 10.1. The summed E-state index contributed by atoms with van der Waals surface area (Å²) in [5.41, 5.74) is 2.41. The van der Waals surface area contributed by atoms with Crippen LogP contribution < -0.4 is 15.5 Å². The highest BCUT2D eigenvalue weighted by atomic mass is 127. The number of hydrogen-bond acceptors (Lipinski definition) is 4. The fraction of sp³-hybridized carbons (Fsp3) is 0.474. The van der Waals surface area contributed by atoms with Crippen molar-refractivity contribution in [2.75, 3.05) is 38.1 Å². The van der Waals surface area contributed by atoms with E-state index in [2.05, 4.69) is 38.0 Å². The molecule has 148 valence electrons. The van der Waals surface area contributed by atoms with Crippen LogP contribution in [0.4, 0.5) is 5.13 Å². The molecule has 1 saturated heterocycles. The van der Waals surface area contributed by atoms with Crippen LogP contribution in [0.2, 0.25) is 5.02 Å². The SMILES string of the molecule is CN=C(NCCc1ccc(Cl)cc1)NCCc1csc(N2CCCC2)n1.I. The summed E-state index contributed by atoms with van der Waals surface area (Å²) in [4.78, 5) is 11.4. The van der Waals surface area contributed by atoms with Crippen molar-refractivity contribution in [1.82, 2.24) is 15.6 Å². The van der Waals surface area contributed by atoms with Crippen molar-refractivity contribution in [3.63, 3.8) is 0 Å². The van der Waals surface area contributed by atoms with Crippen molar-refractivity contribution in [1.29, 1.82) is 0 Å². The van der Waals surface area contributed by atoms with Crippen LogP contribution in [0.15, 0.2) is 34.6 Å². The number of rotatable bonds is 7. The molecule has 27 heavy (non-hydrogen) atoms. The molecule has 1 aliphatic rings. The smallest absolute Gasteiger partial charge is 0.190 e. The Labute approximate surface area is 187 Å². The van der Waals surface area contributed by atoms with Gasteiger partial charge in [0.15, 0.2) is 11.1 Å². The fourth-order valence-corrected chi connectivity index (χ4v) is 4.01. The number of nitrogens with zero attached hydrogens (tertiary/aromatic N) is 3. The molecular weight excluding hydrogens is 493 g/mol. The third kappa shape index (κ3) is 7.12. The Morgan fingerprint density at radius 1 is 1.15 bits per heavy atom. The molecule has 3 rings (SSSR count). The van der Waals surface area contributed by atoms with E-state index in [1.54, 1.807) is 18.4 Å². The average molecular weight is 520 g/mol. The molecule has 2 aromatic rings. The van der Waals surface area contributed by atoms with E-state index in [1.165, 1.54) is 23.5 Å². The van der Waals surface area contributed by atoms with Gasteiger partial charge in [-0.25, -0.2) is 4.98 Å². The number of benzene rings is 1. The number of halogens is 2. The van der Waals surface area contributed by atoms with Gasteiger partial charge in [-0.15, -0.1) is 35.3 Å². The average Bonchev–Trinajstić information content (AvgIpc) is 3.33. The van der Waals surface area contributed by atoms with E-state index in [0.717, 1.165) is 55.7 Å². The molecule has 0 atom stereocenters. The second kappa shape index (κ2) is 11.7. The van der Waals surface area contributed by atoms with Crippen LogP contribution in [0, 0.1) is 0 Å². The van der Waals surface area contributed by atoms with Crippen molar-refractivity contribution in [2.24, 2.45) is 4.99 Å². The number of anilines is 1. The summed E-state index contributed by atoms with van der Waals surface area (Å²) in [5, 5.41) is 10.8.